The number of aryl methyl sites for hydroxylation is 2. The van der Waals surface area contributed by atoms with Gasteiger partial charge in [-0.1, -0.05) is 25.1 Å². The number of benzene rings is 1. The number of thiazole rings is 1. The van der Waals surface area contributed by atoms with Crippen molar-refractivity contribution < 1.29 is 4.79 Å². The average molecular weight is 328 g/mol. The number of rotatable bonds is 4. The number of nitrogens with zero attached hydrogens (tertiary/aromatic N) is 3. The van der Waals surface area contributed by atoms with Crippen LogP contribution >= 0.6 is 11.3 Å². The van der Waals surface area contributed by atoms with Crippen LogP contribution in [0.25, 0.3) is 10.8 Å². The fourth-order valence-corrected chi connectivity index (χ4v) is 2.99. The van der Waals surface area contributed by atoms with Gasteiger partial charge in [-0.15, -0.1) is 11.3 Å². The molecule has 1 N–H and O–H groups in total. The lowest BCUT2D eigenvalue weighted by Crippen LogP contribution is -2.27. The van der Waals surface area contributed by atoms with Crippen LogP contribution in [-0.4, -0.2) is 20.7 Å². The number of amides is 1. The average Bonchev–Trinajstić information content (AvgIpc) is 2.95. The molecule has 2 aromatic heterocycles. The predicted molar refractivity (Wildman–Crippen MR) is 91.1 cm³/mol. The number of aromatic nitrogens is 3. The Morgan fingerprint density at radius 3 is 2.70 bits per heavy atom. The minimum Gasteiger partial charge on any atom is -0.296 e. The zero-order chi connectivity index (χ0) is 16.4. The van der Waals surface area contributed by atoms with E-state index in [-0.39, 0.29) is 17.2 Å². The maximum Gasteiger partial charge on any atom is 0.278 e. The molecule has 118 valence electrons. The van der Waals surface area contributed by atoms with E-state index in [9.17, 15) is 9.59 Å². The summed E-state index contributed by atoms with van der Waals surface area (Å²) in [5, 5.41) is 8.58. The van der Waals surface area contributed by atoms with E-state index in [1.165, 1.54) is 16.0 Å². The van der Waals surface area contributed by atoms with Crippen molar-refractivity contribution in [2.75, 3.05) is 5.32 Å². The molecule has 0 fully saturated rings. The summed E-state index contributed by atoms with van der Waals surface area (Å²) in [5.41, 5.74) is 0.0607. The van der Waals surface area contributed by atoms with Gasteiger partial charge in [-0.05, 0) is 19.4 Å². The van der Waals surface area contributed by atoms with Crippen molar-refractivity contribution in [2.45, 2.75) is 26.8 Å². The highest BCUT2D eigenvalue weighted by molar-refractivity contribution is 7.15. The molecule has 6 nitrogen and oxygen atoms in total. The van der Waals surface area contributed by atoms with Gasteiger partial charge in [0.1, 0.15) is 0 Å². The minimum atomic E-state index is -0.361. The van der Waals surface area contributed by atoms with E-state index in [4.69, 9.17) is 0 Å². The summed E-state index contributed by atoms with van der Waals surface area (Å²) >= 11 is 1.39. The van der Waals surface area contributed by atoms with Gasteiger partial charge in [0, 0.05) is 23.0 Å². The molecule has 7 heteroatoms. The van der Waals surface area contributed by atoms with Gasteiger partial charge < -0.3 is 0 Å². The van der Waals surface area contributed by atoms with E-state index in [0.717, 1.165) is 11.3 Å². The van der Waals surface area contributed by atoms with Crippen LogP contribution in [0, 0.1) is 6.92 Å². The fourth-order valence-electron chi connectivity index (χ4n) is 2.34. The second kappa shape index (κ2) is 6.29. The van der Waals surface area contributed by atoms with Gasteiger partial charge in [-0.3, -0.25) is 14.9 Å². The third-order valence-electron chi connectivity index (χ3n) is 3.36. The quantitative estimate of drug-likeness (QED) is 0.799. The first-order valence-electron chi connectivity index (χ1n) is 7.33. The Morgan fingerprint density at radius 2 is 2.04 bits per heavy atom. The van der Waals surface area contributed by atoms with Crippen LogP contribution in [0.5, 0.6) is 0 Å². The van der Waals surface area contributed by atoms with Gasteiger partial charge in [-0.2, -0.15) is 5.10 Å². The number of fused-ring (bicyclic) bond motifs is 1. The van der Waals surface area contributed by atoms with Crippen molar-refractivity contribution in [1.82, 2.24) is 14.8 Å². The SMILES string of the molecule is CCCn1nc(C(=O)Nc2ncc(C)s2)c2ccccc2c1=O. The van der Waals surface area contributed by atoms with E-state index in [2.05, 4.69) is 15.4 Å². The number of anilines is 1. The number of hydrogen-bond donors (Lipinski definition) is 1. The lowest BCUT2D eigenvalue weighted by molar-refractivity contribution is 0.102. The molecular weight excluding hydrogens is 312 g/mol. The van der Waals surface area contributed by atoms with Crippen LogP contribution in [0.1, 0.15) is 28.7 Å². The van der Waals surface area contributed by atoms with Crippen LogP contribution in [0.3, 0.4) is 0 Å². The van der Waals surface area contributed by atoms with Crippen LogP contribution in [-0.2, 0) is 6.54 Å². The fraction of sp³-hybridized carbons (Fsp3) is 0.250. The Morgan fingerprint density at radius 1 is 1.30 bits per heavy atom. The van der Waals surface area contributed by atoms with Crippen molar-refractivity contribution >= 4 is 33.1 Å². The largest absolute Gasteiger partial charge is 0.296 e. The first-order chi connectivity index (χ1) is 11.1. The lowest BCUT2D eigenvalue weighted by Gasteiger charge is -2.09. The van der Waals surface area contributed by atoms with Crippen molar-refractivity contribution in [2.24, 2.45) is 0 Å². The topological polar surface area (TPSA) is 76.9 Å². The van der Waals surface area contributed by atoms with Gasteiger partial charge in [0.15, 0.2) is 10.8 Å². The highest BCUT2D eigenvalue weighted by Crippen LogP contribution is 2.19. The summed E-state index contributed by atoms with van der Waals surface area (Å²) in [6.07, 6.45) is 2.46. The molecule has 3 aromatic rings. The third-order valence-corrected chi connectivity index (χ3v) is 4.19. The lowest BCUT2D eigenvalue weighted by atomic mass is 10.1. The molecule has 0 unspecified atom stereocenters. The second-order valence-corrected chi connectivity index (χ2v) is 6.39. The molecule has 0 aliphatic carbocycles. The monoisotopic (exact) mass is 328 g/mol. The number of nitrogens with one attached hydrogen (secondary N) is 1. The van der Waals surface area contributed by atoms with E-state index >= 15 is 0 Å². The second-order valence-electron chi connectivity index (χ2n) is 5.15. The maximum absolute atomic E-state index is 12.6. The minimum absolute atomic E-state index is 0.177. The van der Waals surface area contributed by atoms with Gasteiger partial charge >= 0.3 is 0 Å². The first-order valence-corrected chi connectivity index (χ1v) is 8.15. The highest BCUT2D eigenvalue weighted by Gasteiger charge is 2.17. The van der Waals surface area contributed by atoms with Crippen molar-refractivity contribution in [3.05, 3.63) is 51.4 Å². The number of hydrogen-bond acceptors (Lipinski definition) is 5. The van der Waals surface area contributed by atoms with Gasteiger partial charge in [0.2, 0.25) is 0 Å². The van der Waals surface area contributed by atoms with Crippen molar-refractivity contribution in [3.63, 3.8) is 0 Å². The molecule has 0 radical (unpaired) electrons. The molecule has 1 aromatic carbocycles. The molecule has 0 bridgehead atoms. The summed E-state index contributed by atoms with van der Waals surface area (Å²) in [6, 6.07) is 7.03. The molecule has 0 spiro atoms. The molecule has 0 aliphatic heterocycles. The Balaban J connectivity index is 2.10. The van der Waals surface area contributed by atoms with Crippen molar-refractivity contribution in [3.8, 4) is 0 Å². The summed E-state index contributed by atoms with van der Waals surface area (Å²) < 4.78 is 1.35. The highest BCUT2D eigenvalue weighted by atomic mass is 32.1. The summed E-state index contributed by atoms with van der Waals surface area (Å²) in [5.74, 6) is -0.361. The standard InChI is InChI=1S/C16H16N4O2S/c1-3-8-20-15(22)12-7-5-4-6-11(12)13(19-20)14(21)18-16-17-9-10(2)23-16/h4-7,9H,3,8H2,1-2H3,(H,17,18,21). The van der Waals surface area contributed by atoms with Crippen molar-refractivity contribution in [1.29, 1.82) is 0 Å². The summed E-state index contributed by atoms with van der Waals surface area (Å²) in [6.45, 7) is 4.35. The Bertz CT molecular complexity index is 929. The third kappa shape index (κ3) is 3.00. The molecule has 0 saturated carbocycles. The van der Waals surface area contributed by atoms with Gasteiger partial charge in [-0.25, -0.2) is 9.67 Å². The zero-order valence-electron chi connectivity index (χ0n) is 12.9. The summed E-state index contributed by atoms with van der Waals surface area (Å²) in [7, 11) is 0. The molecule has 0 saturated heterocycles. The van der Waals surface area contributed by atoms with Crippen LogP contribution < -0.4 is 10.9 Å². The molecule has 0 atom stereocenters. The predicted octanol–water partition coefficient (Wildman–Crippen LogP) is 2.82. The normalized spacial score (nSPS) is 10.9. The summed E-state index contributed by atoms with van der Waals surface area (Å²) in [4.78, 5) is 30.1. The molecule has 0 aliphatic rings. The Kier molecular flexibility index (Phi) is 4.20. The number of carbonyl (C=O) groups is 1. The van der Waals surface area contributed by atoms with E-state index in [0.29, 0.717) is 22.4 Å². The van der Waals surface area contributed by atoms with E-state index in [1.54, 1.807) is 30.5 Å². The van der Waals surface area contributed by atoms with Gasteiger partial charge in [0.25, 0.3) is 11.5 Å². The molecule has 1 amide bonds. The maximum atomic E-state index is 12.6. The van der Waals surface area contributed by atoms with Crippen LogP contribution in [0.15, 0.2) is 35.3 Å². The molecule has 2 heterocycles. The number of carbonyl (C=O) groups excluding carboxylic acids is 1. The van der Waals surface area contributed by atoms with Gasteiger partial charge in [0.05, 0.1) is 5.39 Å². The Hall–Kier alpha value is -2.54. The van der Waals surface area contributed by atoms with E-state index < -0.39 is 0 Å². The first kappa shape index (κ1) is 15.4. The zero-order valence-corrected chi connectivity index (χ0v) is 13.7. The van der Waals surface area contributed by atoms with Crippen LogP contribution in [0.4, 0.5) is 5.13 Å². The van der Waals surface area contributed by atoms with E-state index in [1.807, 2.05) is 13.8 Å². The molecule has 3 rings (SSSR count). The molecular formula is C16H16N4O2S. The Labute approximate surface area is 136 Å². The molecule has 23 heavy (non-hydrogen) atoms. The smallest absolute Gasteiger partial charge is 0.278 e. The van der Waals surface area contributed by atoms with Crippen LogP contribution in [0.2, 0.25) is 0 Å².